The SMILES string of the molecule is CC(C)(C)c1ccc(N2CC(O)=C(c3nc(-c4ccccc4)cs3)C2=N)cc1. The Morgan fingerprint density at radius 1 is 1.04 bits per heavy atom. The third-order valence-electron chi connectivity index (χ3n) is 4.94. The number of amidine groups is 1. The second-order valence-electron chi connectivity index (χ2n) is 7.96. The molecule has 0 amide bonds. The summed E-state index contributed by atoms with van der Waals surface area (Å²) < 4.78 is 0. The van der Waals surface area contributed by atoms with E-state index in [0.717, 1.165) is 16.9 Å². The first-order valence-electron chi connectivity index (χ1n) is 9.25. The van der Waals surface area contributed by atoms with Crippen molar-refractivity contribution in [1.29, 1.82) is 5.41 Å². The first kappa shape index (κ1) is 18.4. The fourth-order valence-corrected chi connectivity index (χ4v) is 4.19. The van der Waals surface area contributed by atoms with Crippen molar-refractivity contribution in [2.45, 2.75) is 26.2 Å². The van der Waals surface area contributed by atoms with Crippen molar-refractivity contribution in [1.82, 2.24) is 4.98 Å². The Morgan fingerprint density at radius 2 is 1.71 bits per heavy atom. The van der Waals surface area contributed by atoms with E-state index in [9.17, 15) is 5.11 Å². The number of benzene rings is 2. The van der Waals surface area contributed by atoms with Crippen LogP contribution in [-0.4, -0.2) is 22.5 Å². The highest BCUT2D eigenvalue weighted by Crippen LogP contribution is 2.35. The van der Waals surface area contributed by atoms with Gasteiger partial charge in [0.1, 0.15) is 16.6 Å². The Hall–Kier alpha value is -2.92. The molecule has 3 aromatic rings. The molecule has 5 heteroatoms. The number of aliphatic hydroxyl groups excluding tert-OH is 1. The van der Waals surface area contributed by atoms with Gasteiger partial charge in [0, 0.05) is 16.6 Å². The second kappa shape index (κ2) is 6.91. The van der Waals surface area contributed by atoms with Crippen LogP contribution >= 0.6 is 11.3 Å². The van der Waals surface area contributed by atoms with Gasteiger partial charge in [-0.1, -0.05) is 63.2 Å². The molecule has 142 valence electrons. The van der Waals surface area contributed by atoms with Crippen LogP contribution in [0, 0.1) is 5.41 Å². The van der Waals surface area contributed by atoms with E-state index in [4.69, 9.17) is 5.41 Å². The molecule has 0 bridgehead atoms. The van der Waals surface area contributed by atoms with E-state index in [1.807, 2.05) is 52.7 Å². The lowest BCUT2D eigenvalue weighted by Crippen LogP contribution is -2.26. The molecule has 0 saturated heterocycles. The third-order valence-corrected chi connectivity index (χ3v) is 5.80. The zero-order valence-corrected chi connectivity index (χ0v) is 17.0. The Morgan fingerprint density at radius 3 is 2.36 bits per heavy atom. The first-order chi connectivity index (χ1) is 13.3. The average Bonchev–Trinajstić information content (AvgIpc) is 3.26. The van der Waals surface area contributed by atoms with Crippen molar-refractivity contribution in [3.63, 3.8) is 0 Å². The number of rotatable bonds is 3. The molecule has 1 aliphatic heterocycles. The van der Waals surface area contributed by atoms with Crippen molar-refractivity contribution < 1.29 is 5.11 Å². The molecule has 0 aliphatic carbocycles. The molecule has 0 atom stereocenters. The van der Waals surface area contributed by atoms with E-state index in [1.54, 1.807) is 0 Å². The largest absolute Gasteiger partial charge is 0.510 e. The lowest BCUT2D eigenvalue weighted by molar-refractivity contribution is 0.411. The molecule has 2 heterocycles. The van der Waals surface area contributed by atoms with Gasteiger partial charge in [0.15, 0.2) is 0 Å². The van der Waals surface area contributed by atoms with Crippen LogP contribution < -0.4 is 4.90 Å². The summed E-state index contributed by atoms with van der Waals surface area (Å²) in [6.45, 7) is 6.83. The number of aliphatic hydroxyl groups is 1. The zero-order chi connectivity index (χ0) is 19.9. The zero-order valence-electron chi connectivity index (χ0n) is 16.2. The van der Waals surface area contributed by atoms with Crippen LogP contribution in [0.25, 0.3) is 16.8 Å². The van der Waals surface area contributed by atoms with Gasteiger partial charge in [-0.3, -0.25) is 5.41 Å². The summed E-state index contributed by atoms with van der Waals surface area (Å²) in [5.74, 6) is 0.480. The predicted octanol–water partition coefficient (Wildman–Crippen LogP) is 5.87. The van der Waals surface area contributed by atoms with Crippen molar-refractivity contribution in [3.05, 3.63) is 76.3 Å². The van der Waals surface area contributed by atoms with E-state index in [0.29, 0.717) is 17.1 Å². The minimum absolute atomic E-state index is 0.0807. The molecule has 0 radical (unpaired) electrons. The molecule has 0 spiro atoms. The fourth-order valence-electron chi connectivity index (χ4n) is 3.30. The maximum atomic E-state index is 10.6. The number of thiazole rings is 1. The quantitative estimate of drug-likeness (QED) is 0.588. The molecule has 0 saturated carbocycles. The van der Waals surface area contributed by atoms with Gasteiger partial charge in [-0.2, -0.15) is 0 Å². The molecule has 2 N–H and O–H groups in total. The van der Waals surface area contributed by atoms with Crippen LogP contribution in [0.3, 0.4) is 0 Å². The molecule has 1 aliphatic rings. The van der Waals surface area contributed by atoms with Crippen molar-refractivity contribution in [3.8, 4) is 11.3 Å². The van der Waals surface area contributed by atoms with E-state index in [-0.39, 0.29) is 17.0 Å². The molecule has 4 nitrogen and oxygen atoms in total. The average molecular weight is 390 g/mol. The molecular formula is C23H23N3OS. The van der Waals surface area contributed by atoms with Crippen molar-refractivity contribution >= 4 is 28.4 Å². The molecule has 0 unspecified atom stereocenters. The van der Waals surface area contributed by atoms with E-state index < -0.39 is 0 Å². The van der Waals surface area contributed by atoms with Gasteiger partial charge in [0.25, 0.3) is 0 Å². The van der Waals surface area contributed by atoms with Gasteiger partial charge in [0.2, 0.25) is 0 Å². The highest BCUT2D eigenvalue weighted by molar-refractivity contribution is 7.11. The second-order valence-corrected chi connectivity index (χ2v) is 8.82. The van der Waals surface area contributed by atoms with Crippen LogP contribution in [0.4, 0.5) is 5.69 Å². The monoisotopic (exact) mass is 389 g/mol. The maximum Gasteiger partial charge on any atom is 0.139 e. The smallest absolute Gasteiger partial charge is 0.139 e. The van der Waals surface area contributed by atoms with E-state index >= 15 is 0 Å². The van der Waals surface area contributed by atoms with Gasteiger partial charge in [-0.15, -0.1) is 11.3 Å². The summed E-state index contributed by atoms with van der Waals surface area (Å²) in [6.07, 6.45) is 0. The summed E-state index contributed by atoms with van der Waals surface area (Å²) in [7, 11) is 0. The van der Waals surface area contributed by atoms with E-state index in [2.05, 4.69) is 37.9 Å². The van der Waals surface area contributed by atoms with Crippen LogP contribution in [0.15, 0.2) is 65.7 Å². The standard InChI is InChI=1S/C23H23N3OS/c1-23(2,3)16-9-11-17(12-10-16)26-13-19(27)20(21(26)24)22-25-18(14-28-22)15-7-5-4-6-8-15/h4-12,14,24,27H,13H2,1-3H3. The molecule has 4 rings (SSSR count). The Bertz CT molecular complexity index is 1040. The van der Waals surface area contributed by atoms with Crippen LogP contribution in [0.2, 0.25) is 0 Å². The third kappa shape index (κ3) is 3.34. The van der Waals surface area contributed by atoms with Gasteiger partial charge >= 0.3 is 0 Å². The number of hydrogen-bond donors (Lipinski definition) is 2. The number of hydrogen-bond acceptors (Lipinski definition) is 4. The normalized spacial score (nSPS) is 14.8. The van der Waals surface area contributed by atoms with Crippen molar-refractivity contribution in [2.75, 3.05) is 11.4 Å². The minimum Gasteiger partial charge on any atom is -0.510 e. The maximum absolute atomic E-state index is 10.6. The van der Waals surface area contributed by atoms with Crippen LogP contribution in [0.1, 0.15) is 31.3 Å². The Labute approximate surface area is 169 Å². The van der Waals surface area contributed by atoms with Crippen molar-refractivity contribution in [2.24, 2.45) is 0 Å². The van der Waals surface area contributed by atoms with Crippen LogP contribution in [0.5, 0.6) is 0 Å². The molecular weight excluding hydrogens is 366 g/mol. The topological polar surface area (TPSA) is 60.2 Å². The lowest BCUT2D eigenvalue weighted by Gasteiger charge is -2.22. The lowest BCUT2D eigenvalue weighted by atomic mass is 9.87. The molecule has 28 heavy (non-hydrogen) atoms. The summed E-state index contributed by atoms with van der Waals surface area (Å²) >= 11 is 1.46. The fraction of sp³-hybridized carbons (Fsp3) is 0.217. The van der Waals surface area contributed by atoms with Gasteiger partial charge in [-0.25, -0.2) is 4.98 Å². The van der Waals surface area contributed by atoms with Gasteiger partial charge < -0.3 is 10.0 Å². The Kier molecular flexibility index (Phi) is 4.55. The summed E-state index contributed by atoms with van der Waals surface area (Å²) in [6, 6.07) is 18.2. The number of nitrogens with one attached hydrogen (secondary N) is 1. The molecule has 2 aromatic carbocycles. The molecule has 1 aromatic heterocycles. The summed E-state index contributed by atoms with van der Waals surface area (Å²) in [4.78, 5) is 6.49. The first-order valence-corrected chi connectivity index (χ1v) is 10.1. The van der Waals surface area contributed by atoms with Gasteiger partial charge in [-0.05, 0) is 23.1 Å². The van der Waals surface area contributed by atoms with Gasteiger partial charge in [0.05, 0.1) is 17.8 Å². The predicted molar refractivity (Wildman–Crippen MR) is 117 cm³/mol. The number of nitrogens with zero attached hydrogens (tertiary/aromatic N) is 2. The van der Waals surface area contributed by atoms with Crippen LogP contribution in [-0.2, 0) is 5.41 Å². The summed E-state index contributed by atoms with van der Waals surface area (Å²) in [5, 5.41) is 21.9. The number of aromatic nitrogens is 1. The highest BCUT2D eigenvalue weighted by atomic mass is 32.1. The van der Waals surface area contributed by atoms with E-state index in [1.165, 1.54) is 16.9 Å². The highest BCUT2D eigenvalue weighted by Gasteiger charge is 2.31. The Balaban J connectivity index is 1.60. The number of anilines is 1. The minimum atomic E-state index is 0.0807. The molecule has 0 fully saturated rings. The summed E-state index contributed by atoms with van der Waals surface area (Å²) in [5.41, 5.74) is 4.64.